The molecule has 2 unspecified atom stereocenters. The second kappa shape index (κ2) is 9.88. The molecule has 2 aliphatic heterocycles. The van der Waals surface area contributed by atoms with Crippen LogP contribution >= 0.6 is 0 Å². The van der Waals surface area contributed by atoms with Gasteiger partial charge in [0.05, 0.1) is 37.6 Å². The normalized spacial score (nSPS) is 24.9. The third kappa shape index (κ3) is 4.35. The minimum absolute atomic E-state index is 0.0172. The number of benzene rings is 1. The number of aromatic hydroxyl groups is 1. The Morgan fingerprint density at radius 2 is 1.89 bits per heavy atom. The highest BCUT2D eigenvalue weighted by Crippen LogP contribution is 2.42. The first kappa shape index (κ1) is 25.9. The number of Topliss-reactive ketones (excluding diaryl/α,β-unsaturated/α-hetero) is 2. The molecule has 3 fully saturated rings. The van der Waals surface area contributed by atoms with Crippen LogP contribution in [0.4, 0.5) is 5.69 Å². The summed E-state index contributed by atoms with van der Waals surface area (Å²) in [6.07, 6.45) is 1.11. The number of rotatable bonds is 8. The van der Waals surface area contributed by atoms with Gasteiger partial charge >= 0.3 is 5.97 Å². The predicted molar refractivity (Wildman–Crippen MR) is 134 cm³/mol. The van der Waals surface area contributed by atoms with E-state index in [2.05, 4.69) is 10.6 Å². The Morgan fingerprint density at radius 1 is 1.16 bits per heavy atom. The fourth-order valence-electron chi connectivity index (χ4n) is 5.39. The molecule has 1 aliphatic carbocycles. The summed E-state index contributed by atoms with van der Waals surface area (Å²) in [6.45, 7) is 5.12. The van der Waals surface area contributed by atoms with Crippen LogP contribution in [0.5, 0.6) is 5.75 Å². The number of carbonyl (C=O) groups is 4. The molecule has 3 aliphatic rings. The summed E-state index contributed by atoms with van der Waals surface area (Å²) in [5.41, 5.74) is -0.226. The standard InChI is InChI=1S/C27H31N3O8/c1-14-9-10-18(38-14)24(27(2)12-37-13-27)29-20-19(22(32)23(20)33)28-16-7-4-6-15(21(16)31)25(34)30-11-5-8-17(30)26(35)36-3/h4,6-7,9-10,17,19-20,24,28-29,31H,5,8,11-13H2,1-3H3/t17-,19?,20?,24+/m1/s1. The summed E-state index contributed by atoms with van der Waals surface area (Å²) < 4.78 is 16.1. The monoisotopic (exact) mass is 525 g/mol. The summed E-state index contributed by atoms with van der Waals surface area (Å²) in [5, 5.41) is 17.2. The first-order valence-corrected chi connectivity index (χ1v) is 12.6. The molecule has 202 valence electrons. The van der Waals surface area contributed by atoms with E-state index in [0.717, 1.165) is 5.76 Å². The molecule has 2 aromatic rings. The van der Waals surface area contributed by atoms with Crippen molar-refractivity contribution in [2.45, 2.75) is 50.9 Å². The maximum atomic E-state index is 13.2. The maximum absolute atomic E-state index is 13.2. The fraction of sp³-hybridized carbons (Fsp3) is 0.481. The Bertz CT molecular complexity index is 1280. The number of anilines is 1. The second-order valence-electron chi connectivity index (χ2n) is 10.4. The molecule has 1 aromatic carbocycles. The molecule has 1 saturated carbocycles. The predicted octanol–water partition coefficient (Wildman–Crippen LogP) is 1.74. The average molecular weight is 526 g/mol. The lowest BCUT2D eigenvalue weighted by molar-refractivity contribution is -0.150. The molecule has 2 saturated heterocycles. The minimum Gasteiger partial charge on any atom is -0.505 e. The number of nitrogens with one attached hydrogen (secondary N) is 2. The summed E-state index contributed by atoms with van der Waals surface area (Å²) >= 11 is 0. The van der Waals surface area contributed by atoms with E-state index in [9.17, 15) is 24.3 Å². The molecule has 0 bridgehead atoms. The van der Waals surface area contributed by atoms with Crippen LogP contribution in [-0.2, 0) is 23.9 Å². The van der Waals surface area contributed by atoms with Crippen LogP contribution < -0.4 is 10.6 Å². The van der Waals surface area contributed by atoms with Gasteiger partial charge in [-0.1, -0.05) is 13.0 Å². The molecule has 3 N–H and O–H groups in total. The zero-order valence-corrected chi connectivity index (χ0v) is 21.5. The largest absolute Gasteiger partial charge is 0.505 e. The number of carbonyl (C=O) groups excluding carboxylic acids is 4. The van der Waals surface area contributed by atoms with Gasteiger partial charge in [0.15, 0.2) is 5.75 Å². The van der Waals surface area contributed by atoms with E-state index in [0.29, 0.717) is 38.4 Å². The van der Waals surface area contributed by atoms with E-state index in [1.165, 1.54) is 24.1 Å². The van der Waals surface area contributed by atoms with Gasteiger partial charge in [0.1, 0.15) is 29.6 Å². The molecule has 11 nitrogen and oxygen atoms in total. The van der Waals surface area contributed by atoms with Gasteiger partial charge in [-0.05, 0) is 44.0 Å². The third-order valence-electron chi connectivity index (χ3n) is 7.66. The second-order valence-corrected chi connectivity index (χ2v) is 10.4. The number of nitrogens with zero attached hydrogens (tertiary/aromatic N) is 1. The Labute approximate surface area is 219 Å². The van der Waals surface area contributed by atoms with Gasteiger partial charge in [-0.15, -0.1) is 0 Å². The molecule has 0 radical (unpaired) electrons. The Balaban J connectivity index is 1.36. The van der Waals surface area contributed by atoms with Crippen molar-refractivity contribution in [1.29, 1.82) is 0 Å². The van der Waals surface area contributed by atoms with Crippen LogP contribution in [-0.4, -0.2) is 78.4 Å². The number of esters is 1. The van der Waals surface area contributed by atoms with Gasteiger partial charge in [0.2, 0.25) is 11.6 Å². The quantitative estimate of drug-likeness (QED) is 0.264. The van der Waals surface area contributed by atoms with E-state index in [1.54, 1.807) is 6.07 Å². The Kier molecular flexibility index (Phi) is 6.74. The van der Waals surface area contributed by atoms with Gasteiger partial charge in [0.25, 0.3) is 5.91 Å². The lowest BCUT2D eigenvalue weighted by Gasteiger charge is -2.47. The Morgan fingerprint density at radius 3 is 2.53 bits per heavy atom. The molecular formula is C27H31N3O8. The SMILES string of the molecule is COC(=O)[C@H]1CCCN1C(=O)c1cccc(NC2C(=O)C(=O)C2N[C@@H](c2ccc(C)o2)C2(C)COC2)c1O. The number of likely N-dealkylation sites (tertiary alicyclic amines) is 1. The lowest BCUT2D eigenvalue weighted by Crippen LogP contribution is -2.69. The van der Waals surface area contributed by atoms with Crippen LogP contribution in [0.15, 0.2) is 34.7 Å². The van der Waals surface area contributed by atoms with E-state index in [-0.39, 0.29) is 28.5 Å². The van der Waals surface area contributed by atoms with Crippen LogP contribution in [0.2, 0.25) is 0 Å². The van der Waals surface area contributed by atoms with Crippen molar-refractivity contribution in [3.63, 3.8) is 0 Å². The highest BCUT2D eigenvalue weighted by molar-refractivity contribution is 6.49. The van der Waals surface area contributed by atoms with E-state index in [4.69, 9.17) is 13.9 Å². The highest BCUT2D eigenvalue weighted by Gasteiger charge is 2.54. The number of amides is 1. The number of furan rings is 1. The highest BCUT2D eigenvalue weighted by atomic mass is 16.5. The summed E-state index contributed by atoms with van der Waals surface area (Å²) in [5.74, 6) is -1.24. The van der Waals surface area contributed by atoms with Gasteiger partial charge in [-0.2, -0.15) is 0 Å². The minimum atomic E-state index is -0.962. The lowest BCUT2D eigenvalue weighted by atomic mass is 9.76. The molecular weight excluding hydrogens is 494 g/mol. The molecule has 0 spiro atoms. The van der Waals surface area contributed by atoms with E-state index in [1.807, 2.05) is 26.0 Å². The summed E-state index contributed by atoms with van der Waals surface area (Å²) in [7, 11) is 1.27. The van der Waals surface area contributed by atoms with Crippen molar-refractivity contribution >= 4 is 29.1 Å². The molecule has 5 rings (SSSR count). The van der Waals surface area contributed by atoms with Crippen LogP contribution in [0, 0.1) is 12.3 Å². The van der Waals surface area contributed by atoms with Crippen molar-refractivity contribution in [3.05, 3.63) is 47.4 Å². The van der Waals surface area contributed by atoms with Gasteiger partial charge < -0.3 is 29.2 Å². The van der Waals surface area contributed by atoms with Gasteiger partial charge in [-0.25, -0.2) is 4.79 Å². The number of aryl methyl sites for hydroxylation is 1. The molecule has 1 aromatic heterocycles. The topological polar surface area (TPSA) is 147 Å². The molecule has 38 heavy (non-hydrogen) atoms. The molecule has 3 heterocycles. The number of phenols is 1. The molecule has 11 heteroatoms. The van der Waals surface area contributed by atoms with Crippen LogP contribution in [0.3, 0.4) is 0 Å². The van der Waals surface area contributed by atoms with Gasteiger partial charge in [0, 0.05) is 12.0 Å². The van der Waals surface area contributed by atoms with E-state index < -0.39 is 41.6 Å². The average Bonchev–Trinajstić information content (AvgIpc) is 3.56. The van der Waals surface area contributed by atoms with Gasteiger partial charge in [-0.3, -0.25) is 19.7 Å². The fourth-order valence-corrected chi connectivity index (χ4v) is 5.39. The van der Waals surface area contributed by atoms with Crippen molar-refractivity contribution in [3.8, 4) is 5.75 Å². The smallest absolute Gasteiger partial charge is 0.328 e. The summed E-state index contributed by atoms with van der Waals surface area (Å²) in [6, 6.07) is 5.26. The maximum Gasteiger partial charge on any atom is 0.328 e. The zero-order valence-electron chi connectivity index (χ0n) is 21.5. The van der Waals surface area contributed by atoms with Crippen LogP contribution in [0.25, 0.3) is 0 Å². The first-order chi connectivity index (χ1) is 18.1. The molecule has 4 atom stereocenters. The zero-order chi connectivity index (χ0) is 27.2. The van der Waals surface area contributed by atoms with Crippen molar-refractivity contribution in [2.75, 3.05) is 32.2 Å². The molecule has 1 amide bonds. The van der Waals surface area contributed by atoms with Crippen LogP contribution in [0.1, 0.15) is 47.7 Å². The number of hydrogen-bond donors (Lipinski definition) is 3. The Hall–Kier alpha value is -3.70. The number of phenolic OH excluding ortho intramolecular Hbond substituents is 1. The van der Waals surface area contributed by atoms with E-state index >= 15 is 0 Å². The first-order valence-electron chi connectivity index (χ1n) is 12.6. The number of ketones is 2. The number of methoxy groups -OCH3 is 1. The van der Waals surface area contributed by atoms with Crippen molar-refractivity contribution in [1.82, 2.24) is 10.2 Å². The summed E-state index contributed by atoms with van der Waals surface area (Å²) in [4.78, 5) is 52.0. The van der Waals surface area contributed by atoms with Crippen molar-refractivity contribution in [2.24, 2.45) is 5.41 Å². The number of para-hydroxylation sites is 1. The number of hydrogen-bond acceptors (Lipinski definition) is 10. The van der Waals surface area contributed by atoms with Crippen molar-refractivity contribution < 1.29 is 38.2 Å². The third-order valence-corrected chi connectivity index (χ3v) is 7.66. The number of ether oxygens (including phenoxy) is 2.